The Morgan fingerprint density at radius 2 is 2.12 bits per heavy atom. The molecule has 1 fully saturated rings. The van der Waals surface area contributed by atoms with Crippen molar-refractivity contribution in [2.24, 2.45) is 10.9 Å². The summed E-state index contributed by atoms with van der Waals surface area (Å²) < 4.78 is 17.7. The van der Waals surface area contributed by atoms with Gasteiger partial charge in [0.25, 0.3) is 5.91 Å². The van der Waals surface area contributed by atoms with Gasteiger partial charge >= 0.3 is 0 Å². The van der Waals surface area contributed by atoms with Gasteiger partial charge in [-0.25, -0.2) is 14.4 Å². The van der Waals surface area contributed by atoms with E-state index in [-0.39, 0.29) is 18.7 Å². The molecule has 8 heteroatoms. The highest BCUT2D eigenvalue weighted by molar-refractivity contribution is 5.87. The molecule has 0 bridgehead atoms. The topological polar surface area (TPSA) is 74.5 Å². The smallest absolute Gasteiger partial charge is 0.263 e. The Morgan fingerprint density at radius 3 is 2.82 bits per heavy atom. The number of piperidine rings is 1. The molecule has 1 amide bonds. The van der Waals surface area contributed by atoms with Gasteiger partial charge in [0.2, 0.25) is 0 Å². The van der Waals surface area contributed by atoms with Crippen LogP contribution in [0.3, 0.4) is 0 Å². The lowest BCUT2D eigenvalue weighted by Crippen LogP contribution is -2.51. The van der Waals surface area contributed by atoms with Crippen LogP contribution >= 0.6 is 0 Å². The maximum Gasteiger partial charge on any atom is 0.263 e. The molecule has 2 aliphatic rings. The highest BCUT2D eigenvalue weighted by Crippen LogP contribution is 2.29. The van der Waals surface area contributed by atoms with E-state index in [1.807, 2.05) is 19.2 Å². The molecule has 0 saturated carbocycles. The zero-order valence-corrected chi connectivity index (χ0v) is 20.4. The summed E-state index contributed by atoms with van der Waals surface area (Å²) in [5.41, 5.74) is 2.12. The fourth-order valence-corrected chi connectivity index (χ4v) is 4.71. The quantitative estimate of drug-likeness (QED) is 0.612. The number of likely N-dealkylation sites (tertiary alicyclic amines) is 1. The monoisotopic (exact) mass is 466 g/mol. The van der Waals surface area contributed by atoms with Crippen molar-refractivity contribution in [2.75, 3.05) is 26.2 Å². The molecule has 2 aromatic rings. The molecule has 2 N–H and O–H groups in total. The number of rotatable bonds is 7. The Labute approximate surface area is 201 Å². The standard InChI is InChI=1S/C26H35FN6O/c1-18(2)17-32-10-7-26(27,8-11-32)25(34)31-23(28-4)14-21-13-20(6-5-19(21)3)22-15-30-24-16-29-9-12-33(22)24/h5-6,13-15,18,29H,4,7-12,16-17H2,1-3H3,(H,31,34)/b23-14+. The van der Waals surface area contributed by atoms with Gasteiger partial charge in [-0.05, 0) is 42.8 Å². The largest absolute Gasteiger partial charge is 0.326 e. The van der Waals surface area contributed by atoms with Gasteiger partial charge in [0.05, 0.1) is 18.4 Å². The van der Waals surface area contributed by atoms with E-state index < -0.39 is 11.6 Å². The minimum absolute atomic E-state index is 0.186. The third kappa shape index (κ3) is 5.28. The fourth-order valence-electron chi connectivity index (χ4n) is 4.71. The molecule has 0 spiro atoms. The van der Waals surface area contributed by atoms with Crippen molar-refractivity contribution in [3.63, 3.8) is 0 Å². The maximum atomic E-state index is 15.5. The number of halogens is 1. The van der Waals surface area contributed by atoms with Crippen molar-refractivity contribution in [1.29, 1.82) is 0 Å². The summed E-state index contributed by atoms with van der Waals surface area (Å²) in [7, 11) is 0. The van der Waals surface area contributed by atoms with Gasteiger partial charge in [-0.3, -0.25) is 4.79 Å². The zero-order valence-electron chi connectivity index (χ0n) is 20.4. The normalized spacial score (nSPS) is 18.6. The first kappa shape index (κ1) is 24.3. The van der Waals surface area contributed by atoms with Crippen LogP contribution in [-0.2, 0) is 17.9 Å². The van der Waals surface area contributed by atoms with Crippen molar-refractivity contribution >= 4 is 18.7 Å². The number of amides is 1. The van der Waals surface area contributed by atoms with Crippen LogP contribution in [0.25, 0.3) is 17.3 Å². The SMILES string of the molecule is C=N/C(=C\c1cc(-c2cnc3n2CCNC3)ccc1C)NC(=O)C1(F)CCN(CC(C)C)CC1. The number of carbonyl (C=O) groups excluding carboxylic acids is 1. The predicted molar refractivity (Wildman–Crippen MR) is 134 cm³/mol. The van der Waals surface area contributed by atoms with Gasteiger partial charge < -0.3 is 20.1 Å². The van der Waals surface area contributed by atoms with Crippen molar-refractivity contribution in [3.05, 3.63) is 47.2 Å². The first-order valence-electron chi connectivity index (χ1n) is 12.1. The summed E-state index contributed by atoms with van der Waals surface area (Å²) >= 11 is 0. The molecule has 0 unspecified atom stereocenters. The number of carbonyl (C=O) groups is 1. The van der Waals surface area contributed by atoms with Crippen LogP contribution < -0.4 is 10.6 Å². The summed E-state index contributed by atoms with van der Waals surface area (Å²) in [5, 5.41) is 6.02. The van der Waals surface area contributed by atoms with Gasteiger partial charge in [-0.15, -0.1) is 0 Å². The van der Waals surface area contributed by atoms with E-state index in [1.165, 1.54) is 0 Å². The van der Waals surface area contributed by atoms with E-state index in [9.17, 15) is 4.79 Å². The lowest BCUT2D eigenvalue weighted by Gasteiger charge is -2.36. The highest BCUT2D eigenvalue weighted by Gasteiger charge is 2.42. The molecule has 182 valence electrons. The summed E-state index contributed by atoms with van der Waals surface area (Å²) in [5.74, 6) is 1.16. The number of fused-ring (bicyclic) bond motifs is 1. The zero-order chi connectivity index (χ0) is 24.3. The van der Waals surface area contributed by atoms with Gasteiger partial charge in [-0.2, -0.15) is 0 Å². The summed E-state index contributed by atoms with van der Waals surface area (Å²) in [4.78, 5) is 23.6. The van der Waals surface area contributed by atoms with Gasteiger partial charge in [0, 0.05) is 51.1 Å². The van der Waals surface area contributed by atoms with Crippen molar-refractivity contribution < 1.29 is 9.18 Å². The molecule has 0 atom stereocenters. The Hall–Kier alpha value is -2.84. The maximum absolute atomic E-state index is 15.5. The molecule has 34 heavy (non-hydrogen) atoms. The number of aliphatic imine (C=N–C) groups is 1. The first-order valence-corrected chi connectivity index (χ1v) is 12.1. The first-order chi connectivity index (χ1) is 16.3. The minimum Gasteiger partial charge on any atom is -0.326 e. The summed E-state index contributed by atoms with van der Waals surface area (Å²) in [6.45, 7) is 14.5. The second-order valence-electron chi connectivity index (χ2n) is 9.76. The van der Waals surface area contributed by atoms with Crippen LogP contribution in [-0.4, -0.2) is 58.9 Å². The molecule has 4 rings (SSSR count). The Bertz CT molecular complexity index is 1080. The average Bonchev–Trinajstić information content (AvgIpc) is 3.25. The molecule has 0 radical (unpaired) electrons. The number of nitrogens with zero attached hydrogens (tertiary/aromatic N) is 4. The summed E-state index contributed by atoms with van der Waals surface area (Å²) in [6, 6.07) is 6.15. The van der Waals surface area contributed by atoms with E-state index in [1.54, 1.807) is 6.08 Å². The van der Waals surface area contributed by atoms with Crippen molar-refractivity contribution in [3.8, 4) is 11.3 Å². The highest BCUT2D eigenvalue weighted by atomic mass is 19.1. The van der Waals surface area contributed by atoms with Crippen LogP contribution in [0.1, 0.15) is 43.6 Å². The van der Waals surface area contributed by atoms with Gasteiger partial charge in [0.1, 0.15) is 11.6 Å². The number of aryl methyl sites for hydroxylation is 1. The lowest BCUT2D eigenvalue weighted by atomic mass is 9.92. The van der Waals surface area contributed by atoms with Crippen LogP contribution in [0.15, 0.2) is 35.2 Å². The van der Waals surface area contributed by atoms with Gasteiger partial charge in [-0.1, -0.05) is 26.0 Å². The number of alkyl halides is 1. The molecule has 2 aliphatic heterocycles. The third-order valence-electron chi connectivity index (χ3n) is 6.69. The molecule has 1 saturated heterocycles. The van der Waals surface area contributed by atoms with E-state index in [2.05, 4.69) is 62.8 Å². The van der Waals surface area contributed by atoms with Crippen LogP contribution in [0.4, 0.5) is 4.39 Å². The van der Waals surface area contributed by atoms with Crippen molar-refractivity contribution in [1.82, 2.24) is 25.1 Å². The number of hydrogen-bond donors (Lipinski definition) is 2. The molecule has 3 heterocycles. The predicted octanol–water partition coefficient (Wildman–Crippen LogP) is 3.54. The molecule has 7 nitrogen and oxygen atoms in total. The minimum atomic E-state index is -1.89. The number of hydrogen-bond acceptors (Lipinski definition) is 5. The molecule has 1 aromatic heterocycles. The fraction of sp³-hybridized carbons (Fsp3) is 0.500. The Balaban J connectivity index is 1.50. The Morgan fingerprint density at radius 1 is 1.35 bits per heavy atom. The van der Waals surface area contributed by atoms with Crippen LogP contribution in [0, 0.1) is 12.8 Å². The molecular weight excluding hydrogens is 431 g/mol. The molecule has 1 aromatic carbocycles. The molecular formula is C26H35FN6O. The molecule has 0 aliphatic carbocycles. The lowest BCUT2D eigenvalue weighted by molar-refractivity contribution is -0.135. The summed E-state index contributed by atoms with van der Waals surface area (Å²) in [6.07, 6.45) is 4.03. The second-order valence-corrected chi connectivity index (χ2v) is 9.76. The van der Waals surface area contributed by atoms with E-state index in [0.29, 0.717) is 19.0 Å². The van der Waals surface area contributed by atoms with E-state index >= 15 is 4.39 Å². The Kier molecular flexibility index (Phi) is 7.28. The van der Waals surface area contributed by atoms with E-state index in [0.717, 1.165) is 54.4 Å². The number of nitrogens with one attached hydrogen (secondary N) is 2. The van der Waals surface area contributed by atoms with Crippen LogP contribution in [0.5, 0.6) is 0 Å². The number of aromatic nitrogens is 2. The number of imidazole rings is 1. The third-order valence-corrected chi connectivity index (χ3v) is 6.69. The average molecular weight is 467 g/mol. The van der Waals surface area contributed by atoms with Gasteiger partial charge in [0.15, 0.2) is 5.67 Å². The second kappa shape index (κ2) is 10.2. The number of benzene rings is 1. The van der Waals surface area contributed by atoms with Crippen LogP contribution in [0.2, 0.25) is 0 Å². The van der Waals surface area contributed by atoms with Crippen molar-refractivity contribution in [2.45, 2.75) is 52.4 Å². The van der Waals surface area contributed by atoms with E-state index in [4.69, 9.17) is 0 Å².